The Morgan fingerprint density at radius 2 is 1.71 bits per heavy atom. The largest absolute Gasteiger partial charge is 0.310 e. The summed E-state index contributed by atoms with van der Waals surface area (Å²) in [5, 5.41) is 9.47. The van der Waals surface area contributed by atoms with E-state index in [-0.39, 0.29) is 16.9 Å². The Bertz CT molecular complexity index is 1600. The molecule has 1 unspecified atom stereocenters. The summed E-state index contributed by atoms with van der Waals surface area (Å²) in [6.07, 6.45) is 2.88. The number of fused-ring (bicyclic) bond motifs is 1. The number of aromatic nitrogens is 5. The molecule has 0 bridgehead atoms. The molecule has 0 radical (unpaired) electrons. The van der Waals surface area contributed by atoms with Gasteiger partial charge < -0.3 is 4.57 Å². The molecule has 3 aromatic heterocycles. The van der Waals surface area contributed by atoms with Crippen molar-refractivity contribution in [3.05, 3.63) is 110 Å². The summed E-state index contributed by atoms with van der Waals surface area (Å²) in [4.78, 5) is 17.1. The second kappa shape index (κ2) is 8.34. The van der Waals surface area contributed by atoms with Gasteiger partial charge in [0, 0.05) is 41.2 Å². The minimum absolute atomic E-state index is 0.120. The van der Waals surface area contributed by atoms with Crippen LogP contribution in [0.2, 0.25) is 10.0 Å². The van der Waals surface area contributed by atoms with E-state index in [0.717, 1.165) is 5.56 Å². The van der Waals surface area contributed by atoms with Gasteiger partial charge in [-0.2, -0.15) is 0 Å². The van der Waals surface area contributed by atoms with E-state index in [1.54, 1.807) is 62.6 Å². The van der Waals surface area contributed by atoms with Gasteiger partial charge in [-0.05, 0) is 41.5 Å². The molecule has 0 aliphatic rings. The normalized spacial score (nSPS) is 13.2. The number of nitrogens with zero attached hydrogens (tertiary/aromatic N) is 5. The van der Waals surface area contributed by atoms with Gasteiger partial charge in [-0.1, -0.05) is 52.7 Å². The molecule has 3 heterocycles. The van der Waals surface area contributed by atoms with Gasteiger partial charge in [-0.25, -0.2) is 9.07 Å². The zero-order valence-corrected chi connectivity index (χ0v) is 19.7. The van der Waals surface area contributed by atoms with E-state index >= 15 is 4.39 Å². The molecule has 170 valence electrons. The molecule has 1 atom stereocenters. The van der Waals surface area contributed by atoms with Gasteiger partial charge in [0.25, 0.3) is 5.56 Å². The number of benzene rings is 2. The number of halogens is 3. The lowest BCUT2D eigenvalue weighted by atomic mass is 9.87. The monoisotopic (exact) mass is 493 g/mol. The van der Waals surface area contributed by atoms with Crippen molar-refractivity contribution in [3.8, 4) is 11.1 Å². The number of hydrogen-bond donors (Lipinski definition) is 0. The van der Waals surface area contributed by atoms with Crippen LogP contribution in [-0.2, 0) is 19.8 Å². The topological polar surface area (TPSA) is 65.6 Å². The van der Waals surface area contributed by atoms with Crippen molar-refractivity contribution in [1.82, 2.24) is 24.5 Å². The van der Waals surface area contributed by atoms with Crippen LogP contribution in [0, 0.1) is 0 Å². The lowest BCUT2D eigenvalue weighted by molar-refractivity contribution is 0.257. The average molecular weight is 494 g/mol. The highest BCUT2D eigenvalue weighted by Crippen LogP contribution is 2.41. The molecule has 5 rings (SSSR count). The van der Waals surface area contributed by atoms with Gasteiger partial charge in [0.05, 0.1) is 23.6 Å². The first-order valence-electron chi connectivity index (χ1n) is 10.4. The standard InChI is InChI=1S/C25H18Cl2FN5O/c1-32-21-13-29-22(11-20(21)19(12-24(32)34)15-4-3-5-18(27)10-15)25(28,23-14-30-31-33(23)2)16-6-8-17(26)9-7-16/h3-14H,1-2H3. The van der Waals surface area contributed by atoms with Crippen molar-refractivity contribution >= 4 is 34.1 Å². The van der Waals surface area contributed by atoms with Crippen molar-refractivity contribution in [3.63, 3.8) is 0 Å². The van der Waals surface area contributed by atoms with Crippen LogP contribution in [0.5, 0.6) is 0 Å². The number of rotatable bonds is 4. The van der Waals surface area contributed by atoms with Gasteiger partial charge in [-0.15, -0.1) is 5.10 Å². The van der Waals surface area contributed by atoms with Crippen molar-refractivity contribution in [2.75, 3.05) is 0 Å². The molecule has 0 saturated carbocycles. The third-order valence-corrected chi connectivity index (χ3v) is 6.42. The van der Waals surface area contributed by atoms with Crippen LogP contribution >= 0.6 is 23.2 Å². The molecule has 0 aliphatic heterocycles. The smallest absolute Gasteiger partial charge is 0.251 e. The highest BCUT2D eigenvalue weighted by atomic mass is 35.5. The molecule has 0 amide bonds. The van der Waals surface area contributed by atoms with Crippen molar-refractivity contribution in [2.24, 2.45) is 14.1 Å². The third kappa shape index (κ3) is 3.57. The van der Waals surface area contributed by atoms with E-state index < -0.39 is 5.67 Å². The van der Waals surface area contributed by atoms with E-state index in [0.29, 0.717) is 32.1 Å². The molecule has 5 aromatic rings. The van der Waals surface area contributed by atoms with Crippen LogP contribution < -0.4 is 5.56 Å². The van der Waals surface area contributed by atoms with Crippen LogP contribution in [0.3, 0.4) is 0 Å². The Kier molecular flexibility index (Phi) is 5.46. The number of aryl methyl sites for hydroxylation is 2. The number of hydrogen-bond acceptors (Lipinski definition) is 4. The summed E-state index contributed by atoms with van der Waals surface area (Å²) in [5.41, 5.74) is 0.187. The molecule has 0 aliphatic carbocycles. The fourth-order valence-electron chi connectivity index (χ4n) is 4.14. The first-order valence-corrected chi connectivity index (χ1v) is 11.1. The van der Waals surface area contributed by atoms with Crippen LogP contribution in [0.25, 0.3) is 22.0 Å². The van der Waals surface area contributed by atoms with Crippen LogP contribution in [0.4, 0.5) is 4.39 Å². The molecule has 0 saturated heterocycles. The Balaban J connectivity index is 1.84. The second-order valence-electron chi connectivity index (χ2n) is 7.96. The van der Waals surface area contributed by atoms with Gasteiger partial charge in [0.1, 0.15) is 5.69 Å². The Morgan fingerprint density at radius 1 is 0.941 bits per heavy atom. The third-order valence-electron chi connectivity index (χ3n) is 5.93. The first-order chi connectivity index (χ1) is 16.3. The lowest BCUT2D eigenvalue weighted by Crippen LogP contribution is -2.28. The van der Waals surface area contributed by atoms with E-state index in [2.05, 4.69) is 15.3 Å². The summed E-state index contributed by atoms with van der Waals surface area (Å²) in [6.45, 7) is 0. The number of alkyl halides is 1. The van der Waals surface area contributed by atoms with E-state index in [1.165, 1.54) is 27.7 Å². The molecule has 6 nitrogen and oxygen atoms in total. The van der Waals surface area contributed by atoms with Gasteiger partial charge in [0.2, 0.25) is 5.67 Å². The van der Waals surface area contributed by atoms with Crippen LogP contribution in [0.1, 0.15) is 17.0 Å². The zero-order chi connectivity index (χ0) is 24.0. The summed E-state index contributed by atoms with van der Waals surface area (Å²) in [7, 11) is 3.27. The molecule has 2 aromatic carbocycles. The molecular formula is C25H18Cl2FN5O. The average Bonchev–Trinajstić information content (AvgIpc) is 3.27. The number of pyridine rings is 2. The van der Waals surface area contributed by atoms with Gasteiger partial charge >= 0.3 is 0 Å². The zero-order valence-electron chi connectivity index (χ0n) is 18.2. The van der Waals surface area contributed by atoms with Crippen molar-refractivity contribution in [2.45, 2.75) is 5.67 Å². The fraction of sp³-hybridized carbons (Fsp3) is 0.120. The molecule has 0 N–H and O–H groups in total. The van der Waals surface area contributed by atoms with Crippen LogP contribution in [0.15, 0.2) is 77.9 Å². The molecule has 0 spiro atoms. The Labute approximate surface area is 204 Å². The maximum absolute atomic E-state index is 17.2. The van der Waals surface area contributed by atoms with Crippen LogP contribution in [-0.4, -0.2) is 24.5 Å². The van der Waals surface area contributed by atoms with E-state index in [9.17, 15) is 4.79 Å². The van der Waals surface area contributed by atoms with Gasteiger partial charge in [0.15, 0.2) is 0 Å². The maximum Gasteiger partial charge on any atom is 0.251 e. The molecule has 34 heavy (non-hydrogen) atoms. The van der Waals surface area contributed by atoms with Crippen molar-refractivity contribution in [1.29, 1.82) is 0 Å². The highest BCUT2D eigenvalue weighted by molar-refractivity contribution is 6.31. The Morgan fingerprint density at radius 3 is 2.38 bits per heavy atom. The summed E-state index contributed by atoms with van der Waals surface area (Å²) in [5.74, 6) is 0. The van der Waals surface area contributed by atoms with Crippen molar-refractivity contribution < 1.29 is 4.39 Å². The quantitative estimate of drug-likeness (QED) is 0.340. The summed E-state index contributed by atoms with van der Waals surface area (Å²) in [6, 6.07) is 16.8. The fourth-order valence-corrected chi connectivity index (χ4v) is 4.46. The minimum Gasteiger partial charge on any atom is -0.310 e. The summed E-state index contributed by atoms with van der Waals surface area (Å²) >= 11 is 12.3. The second-order valence-corrected chi connectivity index (χ2v) is 8.83. The first kappa shape index (κ1) is 22.3. The Hall–Kier alpha value is -3.55. The molecule has 0 fully saturated rings. The van der Waals surface area contributed by atoms with E-state index in [1.807, 2.05) is 6.07 Å². The summed E-state index contributed by atoms with van der Waals surface area (Å²) < 4.78 is 20.1. The predicted molar refractivity (Wildman–Crippen MR) is 131 cm³/mol. The highest BCUT2D eigenvalue weighted by Gasteiger charge is 2.41. The minimum atomic E-state index is -2.18. The lowest BCUT2D eigenvalue weighted by Gasteiger charge is -2.26. The maximum atomic E-state index is 17.2. The SMILES string of the molecule is Cn1nncc1C(F)(c1ccc(Cl)cc1)c1cc2c(-c3cccc(Cl)c3)cc(=O)n(C)c2cn1. The predicted octanol–water partition coefficient (Wildman–Crippen LogP) is 5.30. The van der Waals surface area contributed by atoms with Gasteiger partial charge in [-0.3, -0.25) is 9.78 Å². The molecular weight excluding hydrogens is 476 g/mol. The van der Waals surface area contributed by atoms with E-state index in [4.69, 9.17) is 23.2 Å². The molecule has 9 heteroatoms.